The van der Waals surface area contributed by atoms with Crippen molar-refractivity contribution in [2.75, 3.05) is 25.5 Å². The van der Waals surface area contributed by atoms with Crippen LogP contribution in [0.15, 0.2) is 28.7 Å². The summed E-state index contributed by atoms with van der Waals surface area (Å²) in [5.74, 6) is -1.24. The van der Waals surface area contributed by atoms with Gasteiger partial charge < -0.3 is 14.1 Å². The van der Waals surface area contributed by atoms with Gasteiger partial charge in [0.15, 0.2) is 12.3 Å². The molecule has 0 saturated heterocycles. The second-order valence-electron chi connectivity index (χ2n) is 6.46. The molecule has 1 amide bonds. The number of furan rings is 1. The topological polar surface area (TPSA) is 90.0 Å². The molecule has 1 unspecified atom stereocenters. The SMILES string of the molecule is CCOC(=O)c1c(NC(=O)C[NH+](C)Cc2ccccc2Cl)oc(C)c1C(C)=O. The van der Waals surface area contributed by atoms with E-state index >= 15 is 0 Å². The third kappa shape index (κ3) is 5.21. The first-order chi connectivity index (χ1) is 13.2. The van der Waals surface area contributed by atoms with Gasteiger partial charge >= 0.3 is 5.97 Å². The van der Waals surface area contributed by atoms with Gasteiger partial charge in [0, 0.05) is 10.6 Å². The minimum atomic E-state index is -0.711. The summed E-state index contributed by atoms with van der Waals surface area (Å²) < 4.78 is 10.5. The van der Waals surface area contributed by atoms with Gasteiger partial charge in [-0.25, -0.2) is 4.79 Å². The van der Waals surface area contributed by atoms with E-state index in [9.17, 15) is 14.4 Å². The fraction of sp³-hybridized carbons (Fsp3) is 0.350. The highest BCUT2D eigenvalue weighted by atomic mass is 35.5. The van der Waals surface area contributed by atoms with Crippen molar-refractivity contribution in [3.8, 4) is 0 Å². The van der Waals surface area contributed by atoms with Gasteiger partial charge in [-0.1, -0.05) is 29.8 Å². The molecule has 2 rings (SSSR count). The zero-order valence-corrected chi connectivity index (χ0v) is 17.1. The van der Waals surface area contributed by atoms with Gasteiger partial charge in [-0.15, -0.1) is 0 Å². The van der Waals surface area contributed by atoms with Crippen LogP contribution in [0, 0.1) is 6.92 Å². The molecule has 0 fully saturated rings. The number of halogens is 1. The number of esters is 1. The first kappa shape index (κ1) is 21.7. The highest BCUT2D eigenvalue weighted by Crippen LogP contribution is 2.28. The van der Waals surface area contributed by atoms with Gasteiger partial charge in [0.2, 0.25) is 5.88 Å². The number of carbonyl (C=O) groups is 3. The lowest BCUT2D eigenvalue weighted by molar-refractivity contribution is -0.885. The summed E-state index contributed by atoms with van der Waals surface area (Å²) >= 11 is 6.16. The number of nitrogens with one attached hydrogen (secondary N) is 2. The number of amides is 1. The van der Waals surface area contributed by atoms with Crippen molar-refractivity contribution in [1.82, 2.24) is 0 Å². The summed E-state index contributed by atoms with van der Waals surface area (Å²) in [4.78, 5) is 37.5. The van der Waals surface area contributed by atoms with Crippen molar-refractivity contribution in [3.63, 3.8) is 0 Å². The standard InChI is InChI=1S/C20H23ClN2O5/c1-5-27-20(26)18-17(12(2)24)13(3)28-19(18)22-16(25)11-23(4)10-14-8-6-7-9-15(14)21/h6-9H,5,10-11H2,1-4H3,(H,22,25)/p+1. The van der Waals surface area contributed by atoms with Crippen molar-refractivity contribution in [2.24, 2.45) is 0 Å². The molecule has 0 radical (unpaired) electrons. The van der Waals surface area contributed by atoms with Crippen molar-refractivity contribution in [1.29, 1.82) is 0 Å². The smallest absolute Gasteiger partial charge is 0.344 e. The van der Waals surface area contributed by atoms with Crippen LogP contribution in [0.2, 0.25) is 5.02 Å². The Balaban J connectivity index is 2.15. The number of carbonyl (C=O) groups excluding carboxylic acids is 3. The van der Waals surface area contributed by atoms with Crippen LogP contribution in [0.1, 0.15) is 45.9 Å². The molecule has 0 spiro atoms. The molecule has 0 saturated carbocycles. The molecule has 1 heterocycles. The Hall–Kier alpha value is -2.64. The molecule has 150 valence electrons. The van der Waals surface area contributed by atoms with E-state index in [1.165, 1.54) is 6.92 Å². The third-order valence-corrected chi connectivity index (χ3v) is 4.45. The molecule has 0 aliphatic heterocycles. The Morgan fingerprint density at radius 1 is 1.21 bits per heavy atom. The maximum atomic E-state index is 12.5. The summed E-state index contributed by atoms with van der Waals surface area (Å²) in [6.45, 7) is 5.34. The second kappa shape index (κ2) is 9.52. The predicted molar refractivity (Wildman–Crippen MR) is 105 cm³/mol. The minimum absolute atomic E-state index is 0.0519. The lowest BCUT2D eigenvalue weighted by atomic mass is 10.1. The molecule has 0 aliphatic rings. The van der Waals surface area contributed by atoms with Crippen LogP contribution in [0.4, 0.5) is 5.88 Å². The number of likely N-dealkylation sites (N-methyl/N-ethyl adjacent to an activating group) is 1. The van der Waals surface area contributed by atoms with Crippen molar-refractivity contribution in [2.45, 2.75) is 27.3 Å². The number of rotatable bonds is 8. The zero-order chi connectivity index (χ0) is 20.8. The summed E-state index contributed by atoms with van der Waals surface area (Å²) in [6, 6.07) is 7.42. The Labute approximate surface area is 168 Å². The first-order valence-corrected chi connectivity index (χ1v) is 9.28. The largest absolute Gasteiger partial charge is 0.462 e. The Morgan fingerprint density at radius 3 is 2.50 bits per heavy atom. The highest BCUT2D eigenvalue weighted by molar-refractivity contribution is 6.31. The maximum absolute atomic E-state index is 12.5. The van der Waals surface area contributed by atoms with Gasteiger partial charge in [0.1, 0.15) is 17.9 Å². The molecule has 28 heavy (non-hydrogen) atoms. The zero-order valence-electron chi connectivity index (χ0n) is 16.3. The Morgan fingerprint density at radius 2 is 1.89 bits per heavy atom. The average molecular weight is 408 g/mol. The summed E-state index contributed by atoms with van der Waals surface area (Å²) in [5.41, 5.74) is 0.990. The van der Waals surface area contributed by atoms with Gasteiger partial charge in [-0.2, -0.15) is 0 Å². The van der Waals surface area contributed by atoms with E-state index in [-0.39, 0.29) is 47.6 Å². The lowest BCUT2D eigenvalue weighted by Crippen LogP contribution is -3.08. The number of hydrogen-bond donors (Lipinski definition) is 2. The summed E-state index contributed by atoms with van der Waals surface area (Å²) in [7, 11) is 1.85. The number of Topliss-reactive ketones (excluding diaryl/α,β-unsaturated/α-hetero) is 1. The normalized spacial score (nSPS) is 11.8. The molecule has 1 aromatic carbocycles. The fourth-order valence-electron chi connectivity index (χ4n) is 2.93. The van der Waals surface area contributed by atoms with Crippen LogP contribution < -0.4 is 10.2 Å². The number of ketones is 1. The molecule has 0 aliphatic carbocycles. The number of hydrogen-bond acceptors (Lipinski definition) is 5. The Bertz CT molecular complexity index is 891. The minimum Gasteiger partial charge on any atom is -0.462 e. The molecule has 2 N–H and O–H groups in total. The van der Waals surface area contributed by atoms with Crippen LogP contribution in [0.3, 0.4) is 0 Å². The van der Waals surface area contributed by atoms with Crippen molar-refractivity contribution >= 4 is 35.1 Å². The number of anilines is 1. The number of quaternary nitrogens is 1. The molecule has 0 bridgehead atoms. The van der Waals surface area contributed by atoms with Crippen LogP contribution in [-0.4, -0.2) is 37.9 Å². The lowest BCUT2D eigenvalue weighted by Gasteiger charge is -2.14. The predicted octanol–water partition coefficient (Wildman–Crippen LogP) is 2.27. The van der Waals surface area contributed by atoms with Crippen LogP contribution in [0.5, 0.6) is 0 Å². The van der Waals surface area contributed by atoms with E-state index in [1.54, 1.807) is 19.9 Å². The Kier molecular flexibility index (Phi) is 7.37. The average Bonchev–Trinajstić information content (AvgIpc) is 2.93. The van der Waals surface area contributed by atoms with E-state index in [2.05, 4.69) is 5.32 Å². The van der Waals surface area contributed by atoms with Crippen molar-refractivity contribution < 1.29 is 28.4 Å². The quantitative estimate of drug-likeness (QED) is 0.517. The monoisotopic (exact) mass is 407 g/mol. The number of ether oxygens (including phenoxy) is 1. The van der Waals surface area contributed by atoms with E-state index < -0.39 is 5.97 Å². The van der Waals surface area contributed by atoms with Gasteiger partial charge in [0.05, 0.1) is 19.2 Å². The summed E-state index contributed by atoms with van der Waals surface area (Å²) in [6.07, 6.45) is 0. The molecule has 2 aromatic rings. The molecule has 8 heteroatoms. The number of benzene rings is 1. The van der Waals surface area contributed by atoms with E-state index in [0.717, 1.165) is 10.5 Å². The molecule has 1 atom stereocenters. The van der Waals surface area contributed by atoms with Crippen molar-refractivity contribution in [3.05, 3.63) is 51.7 Å². The van der Waals surface area contributed by atoms with Gasteiger partial charge in [-0.3, -0.25) is 14.9 Å². The van der Waals surface area contributed by atoms with Crippen LogP contribution in [-0.2, 0) is 16.1 Å². The third-order valence-electron chi connectivity index (χ3n) is 4.08. The van der Waals surface area contributed by atoms with E-state index in [4.69, 9.17) is 20.8 Å². The maximum Gasteiger partial charge on any atom is 0.344 e. The van der Waals surface area contributed by atoms with E-state index in [0.29, 0.717) is 11.6 Å². The molecular weight excluding hydrogens is 384 g/mol. The van der Waals surface area contributed by atoms with Gasteiger partial charge in [0.25, 0.3) is 5.91 Å². The van der Waals surface area contributed by atoms with Crippen LogP contribution in [0.25, 0.3) is 0 Å². The second-order valence-corrected chi connectivity index (χ2v) is 6.87. The number of aryl methyl sites for hydroxylation is 1. The first-order valence-electron chi connectivity index (χ1n) is 8.90. The van der Waals surface area contributed by atoms with E-state index in [1.807, 2.05) is 25.2 Å². The fourth-order valence-corrected chi connectivity index (χ4v) is 3.13. The molecule has 1 aromatic heterocycles. The molecule has 7 nitrogen and oxygen atoms in total. The molecular formula is C20H24ClN2O5+. The van der Waals surface area contributed by atoms with Gasteiger partial charge in [-0.05, 0) is 26.8 Å². The highest BCUT2D eigenvalue weighted by Gasteiger charge is 2.29. The summed E-state index contributed by atoms with van der Waals surface area (Å²) in [5, 5.41) is 3.22. The van der Waals surface area contributed by atoms with Crippen LogP contribution >= 0.6 is 11.6 Å².